The molecular formula is C17H16BrN3OS. The van der Waals surface area contributed by atoms with Gasteiger partial charge in [-0.25, -0.2) is 4.98 Å². The summed E-state index contributed by atoms with van der Waals surface area (Å²) in [6.45, 7) is 3.88. The van der Waals surface area contributed by atoms with Crippen molar-refractivity contribution in [1.29, 1.82) is 0 Å². The van der Waals surface area contributed by atoms with E-state index in [9.17, 15) is 4.79 Å². The number of halogens is 1. The van der Waals surface area contributed by atoms with Crippen molar-refractivity contribution in [3.8, 4) is 5.69 Å². The number of rotatable bonds is 5. The van der Waals surface area contributed by atoms with Gasteiger partial charge in [0.05, 0.1) is 5.75 Å². The van der Waals surface area contributed by atoms with Crippen LogP contribution in [-0.4, -0.2) is 26.1 Å². The van der Waals surface area contributed by atoms with Crippen LogP contribution in [0, 0.1) is 13.8 Å². The number of hydrogen-bond acceptors (Lipinski definition) is 3. The van der Waals surface area contributed by atoms with Gasteiger partial charge in [0.25, 0.3) is 0 Å². The second-order valence-electron chi connectivity index (χ2n) is 5.26. The monoisotopic (exact) mass is 389 g/mol. The van der Waals surface area contributed by atoms with E-state index in [4.69, 9.17) is 0 Å². The van der Waals surface area contributed by atoms with Gasteiger partial charge in [-0.15, -0.1) is 0 Å². The summed E-state index contributed by atoms with van der Waals surface area (Å²) in [7, 11) is 0. The highest BCUT2D eigenvalue weighted by molar-refractivity contribution is 9.10. The Hall–Kier alpha value is -1.79. The van der Waals surface area contributed by atoms with E-state index in [1.165, 1.54) is 11.8 Å². The number of ketones is 1. The second kappa shape index (κ2) is 6.76. The van der Waals surface area contributed by atoms with Crippen LogP contribution in [0.3, 0.4) is 0 Å². The van der Waals surface area contributed by atoms with E-state index in [0.717, 1.165) is 32.3 Å². The van der Waals surface area contributed by atoms with Crippen LogP contribution in [0.2, 0.25) is 0 Å². The molecule has 2 aromatic heterocycles. The van der Waals surface area contributed by atoms with Crippen molar-refractivity contribution in [1.82, 2.24) is 14.5 Å². The number of aromatic nitrogens is 3. The third-order valence-corrected chi connectivity index (χ3v) is 4.99. The van der Waals surface area contributed by atoms with Gasteiger partial charge in [-0.1, -0.05) is 27.7 Å². The highest BCUT2D eigenvalue weighted by atomic mass is 79.9. The fourth-order valence-electron chi connectivity index (χ4n) is 2.42. The third-order valence-electron chi connectivity index (χ3n) is 3.49. The Balaban J connectivity index is 1.74. The molecule has 6 heteroatoms. The van der Waals surface area contributed by atoms with Crippen molar-refractivity contribution in [2.75, 3.05) is 5.75 Å². The number of aromatic amines is 1. The molecule has 0 saturated heterocycles. The number of H-pyrrole nitrogens is 1. The third kappa shape index (κ3) is 3.59. The van der Waals surface area contributed by atoms with Crippen molar-refractivity contribution in [3.63, 3.8) is 0 Å². The first-order chi connectivity index (χ1) is 11.0. The van der Waals surface area contributed by atoms with Crippen LogP contribution >= 0.6 is 27.7 Å². The first-order valence-electron chi connectivity index (χ1n) is 7.16. The van der Waals surface area contributed by atoms with Crippen molar-refractivity contribution in [2.45, 2.75) is 19.0 Å². The summed E-state index contributed by atoms with van der Waals surface area (Å²) in [5.74, 6) is 0.480. The molecule has 118 valence electrons. The molecule has 4 nitrogen and oxygen atoms in total. The molecule has 0 amide bonds. The molecule has 0 aliphatic heterocycles. The number of carbonyl (C=O) groups excluding carboxylic acids is 1. The first kappa shape index (κ1) is 16.1. The molecule has 3 aromatic rings. The Morgan fingerprint density at radius 2 is 2.04 bits per heavy atom. The number of imidazole rings is 1. The van der Waals surface area contributed by atoms with Gasteiger partial charge < -0.3 is 4.98 Å². The van der Waals surface area contributed by atoms with Crippen LogP contribution in [-0.2, 0) is 0 Å². The number of thioether (sulfide) groups is 1. The van der Waals surface area contributed by atoms with Gasteiger partial charge in [0.2, 0.25) is 0 Å². The number of Topliss-reactive ketones (excluding diaryl/α,β-unsaturated/α-hetero) is 1. The fourth-order valence-corrected chi connectivity index (χ4v) is 3.54. The second-order valence-corrected chi connectivity index (χ2v) is 7.12. The maximum absolute atomic E-state index is 12.4. The van der Waals surface area contributed by atoms with Gasteiger partial charge in [-0.05, 0) is 44.2 Å². The average Bonchev–Trinajstić information content (AvgIpc) is 3.12. The number of hydrogen-bond donors (Lipinski definition) is 1. The lowest BCUT2D eigenvalue weighted by Crippen LogP contribution is -2.04. The molecule has 23 heavy (non-hydrogen) atoms. The molecule has 0 unspecified atom stereocenters. The van der Waals surface area contributed by atoms with Gasteiger partial charge in [-0.3, -0.25) is 9.36 Å². The van der Waals surface area contributed by atoms with Gasteiger partial charge in [-0.2, -0.15) is 0 Å². The van der Waals surface area contributed by atoms with Gasteiger partial charge >= 0.3 is 0 Å². The van der Waals surface area contributed by atoms with Crippen molar-refractivity contribution < 1.29 is 4.79 Å². The SMILES string of the molecule is Cc1cc(C(=O)CSc2nccn2-c2ccc(Br)cc2)c(C)[nH]1. The van der Waals surface area contributed by atoms with Gasteiger partial charge in [0, 0.05) is 39.5 Å². The Labute approximate surface area is 147 Å². The lowest BCUT2D eigenvalue weighted by molar-refractivity contribution is 0.102. The maximum Gasteiger partial charge on any atom is 0.174 e. The lowest BCUT2D eigenvalue weighted by Gasteiger charge is -2.07. The minimum atomic E-state index is 0.113. The molecular weight excluding hydrogens is 374 g/mol. The summed E-state index contributed by atoms with van der Waals surface area (Å²) in [5.41, 5.74) is 3.71. The molecule has 0 radical (unpaired) electrons. The Morgan fingerprint density at radius 3 is 2.70 bits per heavy atom. The summed E-state index contributed by atoms with van der Waals surface area (Å²) in [6.07, 6.45) is 3.66. The summed E-state index contributed by atoms with van der Waals surface area (Å²) in [6, 6.07) is 9.90. The summed E-state index contributed by atoms with van der Waals surface area (Å²) in [5, 5.41) is 0.811. The molecule has 0 fully saturated rings. The molecule has 0 bridgehead atoms. The van der Waals surface area contributed by atoms with Crippen LogP contribution in [0.4, 0.5) is 0 Å². The topological polar surface area (TPSA) is 50.7 Å². The average molecular weight is 390 g/mol. The van der Waals surface area contributed by atoms with E-state index in [1.54, 1.807) is 6.20 Å². The molecule has 3 rings (SSSR count). The standard InChI is InChI=1S/C17H16BrN3OS/c1-11-9-15(12(2)20-11)16(22)10-23-17-19-7-8-21(17)14-5-3-13(18)4-6-14/h3-9,20H,10H2,1-2H3. The van der Waals surface area contributed by atoms with E-state index in [0.29, 0.717) is 5.75 Å². The first-order valence-corrected chi connectivity index (χ1v) is 8.94. The van der Waals surface area contributed by atoms with Crippen LogP contribution in [0.1, 0.15) is 21.7 Å². The number of carbonyl (C=O) groups is 1. The van der Waals surface area contributed by atoms with Crippen molar-refractivity contribution in [2.24, 2.45) is 0 Å². The van der Waals surface area contributed by atoms with Gasteiger partial charge in [0.15, 0.2) is 10.9 Å². The maximum atomic E-state index is 12.4. The van der Waals surface area contributed by atoms with Crippen LogP contribution in [0.15, 0.2) is 52.4 Å². The molecule has 1 aromatic carbocycles. The molecule has 0 atom stereocenters. The van der Waals surface area contributed by atoms with Crippen LogP contribution in [0.5, 0.6) is 0 Å². The zero-order valence-corrected chi connectivity index (χ0v) is 15.2. The quantitative estimate of drug-likeness (QED) is 0.514. The van der Waals surface area contributed by atoms with Crippen molar-refractivity contribution in [3.05, 3.63) is 64.1 Å². The summed E-state index contributed by atoms with van der Waals surface area (Å²) in [4.78, 5) is 19.9. The van der Waals surface area contributed by atoms with E-state index in [1.807, 2.05) is 54.9 Å². The normalized spacial score (nSPS) is 10.9. The fraction of sp³-hybridized carbons (Fsp3) is 0.176. The largest absolute Gasteiger partial charge is 0.362 e. The smallest absolute Gasteiger partial charge is 0.174 e. The highest BCUT2D eigenvalue weighted by Crippen LogP contribution is 2.23. The van der Waals surface area contributed by atoms with E-state index in [2.05, 4.69) is 25.9 Å². The Kier molecular flexibility index (Phi) is 4.73. The van der Waals surface area contributed by atoms with Crippen LogP contribution < -0.4 is 0 Å². The molecule has 0 saturated carbocycles. The molecule has 0 spiro atoms. The summed E-state index contributed by atoms with van der Waals surface area (Å²) >= 11 is 4.88. The predicted molar refractivity (Wildman–Crippen MR) is 96.6 cm³/mol. The van der Waals surface area contributed by atoms with E-state index < -0.39 is 0 Å². The minimum Gasteiger partial charge on any atom is -0.362 e. The molecule has 1 N–H and O–H groups in total. The Bertz CT molecular complexity index is 836. The molecule has 0 aliphatic rings. The molecule has 0 aliphatic carbocycles. The summed E-state index contributed by atoms with van der Waals surface area (Å²) < 4.78 is 3.02. The van der Waals surface area contributed by atoms with Crippen molar-refractivity contribution >= 4 is 33.5 Å². The Morgan fingerprint density at radius 1 is 1.30 bits per heavy atom. The number of nitrogens with zero attached hydrogens (tertiary/aromatic N) is 2. The zero-order chi connectivity index (χ0) is 16.4. The zero-order valence-electron chi connectivity index (χ0n) is 12.8. The van der Waals surface area contributed by atoms with E-state index >= 15 is 0 Å². The predicted octanol–water partition coefficient (Wildman–Crippen LogP) is 4.55. The lowest BCUT2D eigenvalue weighted by atomic mass is 10.2. The van der Waals surface area contributed by atoms with Crippen LogP contribution in [0.25, 0.3) is 5.69 Å². The number of aryl methyl sites for hydroxylation is 2. The highest BCUT2D eigenvalue weighted by Gasteiger charge is 2.14. The number of nitrogens with one attached hydrogen (secondary N) is 1. The minimum absolute atomic E-state index is 0.113. The van der Waals surface area contributed by atoms with E-state index in [-0.39, 0.29) is 5.78 Å². The molecule has 2 heterocycles. The number of benzene rings is 1. The van der Waals surface area contributed by atoms with Gasteiger partial charge in [0.1, 0.15) is 0 Å².